The van der Waals surface area contributed by atoms with Gasteiger partial charge in [0.2, 0.25) is 0 Å². The fraction of sp³-hybridized carbons (Fsp3) is 0.0714. The van der Waals surface area contributed by atoms with Crippen molar-refractivity contribution < 1.29 is 13.5 Å². The Morgan fingerprint density at radius 2 is 1.95 bits per heavy atom. The molecular formula is C14H11F2NOS. The van der Waals surface area contributed by atoms with Crippen molar-refractivity contribution in [3.63, 3.8) is 0 Å². The van der Waals surface area contributed by atoms with Crippen molar-refractivity contribution >= 4 is 17.2 Å². The summed E-state index contributed by atoms with van der Waals surface area (Å²) in [6.07, 6.45) is 0. The number of halogens is 2. The van der Waals surface area contributed by atoms with Gasteiger partial charge >= 0.3 is 0 Å². The van der Waals surface area contributed by atoms with Gasteiger partial charge < -0.3 is 10.5 Å². The average molecular weight is 279 g/mol. The molecule has 2 nitrogen and oxygen atoms in total. The Labute approximate surface area is 114 Å². The lowest BCUT2D eigenvalue weighted by Crippen LogP contribution is -2.09. The molecule has 0 aliphatic carbocycles. The second kappa shape index (κ2) is 5.75. The Balaban J connectivity index is 2.10. The molecule has 2 aromatic rings. The van der Waals surface area contributed by atoms with Crippen LogP contribution in [0.1, 0.15) is 11.1 Å². The lowest BCUT2D eigenvalue weighted by Gasteiger charge is -2.08. The molecule has 0 spiro atoms. The van der Waals surface area contributed by atoms with Crippen molar-refractivity contribution in [3.05, 3.63) is 65.2 Å². The number of benzene rings is 2. The summed E-state index contributed by atoms with van der Waals surface area (Å²) >= 11 is 4.87. The fourth-order valence-electron chi connectivity index (χ4n) is 1.57. The summed E-state index contributed by atoms with van der Waals surface area (Å²) in [5, 5.41) is 0. The zero-order valence-corrected chi connectivity index (χ0v) is 10.7. The molecule has 2 N–H and O–H groups in total. The first kappa shape index (κ1) is 13.4. The predicted octanol–water partition coefficient (Wildman–Crippen LogP) is 3.18. The molecule has 0 heterocycles. The Morgan fingerprint density at radius 1 is 1.16 bits per heavy atom. The Morgan fingerprint density at radius 3 is 2.63 bits per heavy atom. The van der Waals surface area contributed by atoms with Crippen LogP contribution in [0.5, 0.6) is 5.75 Å². The van der Waals surface area contributed by atoms with E-state index < -0.39 is 11.6 Å². The van der Waals surface area contributed by atoms with Gasteiger partial charge in [-0.15, -0.1) is 0 Å². The van der Waals surface area contributed by atoms with Crippen molar-refractivity contribution in [1.29, 1.82) is 0 Å². The van der Waals surface area contributed by atoms with Crippen LogP contribution in [0, 0.1) is 11.6 Å². The van der Waals surface area contributed by atoms with E-state index in [9.17, 15) is 8.78 Å². The van der Waals surface area contributed by atoms with E-state index in [0.29, 0.717) is 0 Å². The third kappa shape index (κ3) is 3.48. The Hall–Kier alpha value is -2.01. The molecule has 2 aromatic carbocycles. The molecule has 0 saturated carbocycles. The molecule has 19 heavy (non-hydrogen) atoms. The molecule has 0 unspecified atom stereocenters. The largest absolute Gasteiger partial charge is 0.486 e. The quantitative estimate of drug-likeness (QED) is 0.873. The van der Waals surface area contributed by atoms with Gasteiger partial charge in [0.15, 0.2) is 11.6 Å². The molecule has 2 rings (SSSR count). The van der Waals surface area contributed by atoms with E-state index in [1.807, 2.05) is 6.07 Å². The number of nitrogens with two attached hydrogens (primary N) is 1. The zero-order chi connectivity index (χ0) is 13.8. The van der Waals surface area contributed by atoms with Gasteiger partial charge in [-0.05, 0) is 23.8 Å². The Bertz CT molecular complexity index is 616. The molecule has 0 aromatic heterocycles. The topological polar surface area (TPSA) is 35.2 Å². The second-order valence-electron chi connectivity index (χ2n) is 3.93. The normalized spacial score (nSPS) is 10.2. The minimum Gasteiger partial charge on any atom is -0.486 e. The molecule has 0 aliphatic heterocycles. The minimum atomic E-state index is -0.731. The van der Waals surface area contributed by atoms with Crippen LogP contribution in [-0.2, 0) is 6.61 Å². The van der Waals surface area contributed by atoms with E-state index in [2.05, 4.69) is 0 Å². The molecule has 0 radical (unpaired) electrons. The molecule has 0 bridgehead atoms. The number of hydrogen-bond acceptors (Lipinski definition) is 2. The predicted molar refractivity (Wildman–Crippen MR) is 73.0 cm³/mol. The first-order valence-electron chi connectivity index (χ1n) is 5.53. The molecule has 0 saturated heterocycles. The van der Waals surface area contributed by atoms with Crippen LogP contribution >= 0.6 is 12.2 Å². The van der Waals surface area contributed by atoms with Crippen molar-refractivity contribution in [3.8, 4) is 5.75 Å². The van der Waals surface area contributed by atoms with Gasteiger partial charge in [0.05, 0.1) is 0 Å². The van der Waals surface area contributed by atoms with Crippen LogP contribution in [0.2, 0.25) is 0 Å². The van der Waals surface area contributed by atoms with Crippen LogP contribution < -0.4 is 10.5 Å². The van der Waals surface area contributed by atoms with Crippen LogP contribution in [-0.4, -0.2) is 4.99 Å². The number of ether oxygens (including phenoxy) is 1. The van der Waals surface area contributed by atoms with Crippen LogP contribution in [0.25, 0.3) is 0 Å². The second-order valence-corrected chi connectivity index (χ2v) is 4.37. The van der Waals surface area contributed by atoms with Crippen molar-refractivity contribution in [2.45, 2.75) is 6.61 Å². The highest BCUT2D eigenvalue weighted by atomic mass is 32.1. The monoisotopic (exact) mass is 279 g/mol. The molecule has 0 atom stereocenters. The van der Waals surface area contributed by atoms with Crippen molar-refractivity contribution in [1.82, 2.24) is 0 Å². The molecule has 5 heteroatoms. The van der Waals surface area contributed by atoms with Gasteiger partial charge in [0, 0.05) is 11.6 Å². The van der Waals surface area contributed by atoms with Crippen molar-refractivity contribution in [2.24, 2.45) is 5.73 Å². The summed E-state index contributed by atoms with van der Waals surface area (Å²) in [5.74, 6) is -1.37. The standard InChI is InChI=1S/C14H11F2NOS/c15-11-4-5-13(12(16)7-11)18-8-9-2-1-3-10(6-9)14(17)19/h1-7H,8H2,(H2,17,19). The smallest absolute Gasteiger partial charge is 0.167 e. The van der Waals surface area contributed by atoms with E-state index in [1.54, 1.807) is 18.2 Å². The highest BCUT2D eigenvalue weighted by molar-refractivity contribution is 7.80. The third-order valence-electron chi connectivity index (χ3n) is 2.50. The lowest BCUT2D eigenvalue weighted by atomic mass is 10.1. The van der Waals surface area contributed by atoms with Gasteiger partial charge in [0.25, 0.3) is 0 Å². The molecule has 0 fully saturated rings. The first-order valence-corrected chi connectivity index (χ1v) is 5.93. The minimum absolute atomic E-state index is 0.00197. The summed E-state index contributed by atoms with van der Waals surface area (Å²) in [4.78, 5) is 0.287. The molecule has 0 amide bonds. The van der Waals surface area contributed by atoms with E-state index in [-0.39, 0.29) is 17.3 Å². The summed E-state index contributed by atoms with van der Waals surface area (Å²) < 4.78 is 31.4. The molecular weight excluding hydrogens is 268 g/mol. The van der Waals surface area contributed by atoms with Gasteiger partial charge in [0.1, 0.15) is 17.4 Å². The highest BCUT2D eigenvalue weighted by Gasteiger charge is 2.05. The summed E-state index contributed by atoms with van der Waals surface area (Å²) in [5.41, 5.74) is 7.04. The number of hydrogen-bond donors (Lipinski definition) is 1. The fourth-order valence-corrected chi connectivity index (χ4v) is 1.69. The van der Waals surface area contributed by atoms with Gasteiger partial charge in [-0.1, -0.05) is 30.4 Å². The van der Waals surface area contributed by atoms with Gasteiger partial charge in [-0.3, -0.25) is 0 Å². The Kier molecular flexibility index (Phi) is 4.06. The SMILES string of the molecule is NC(=S)c1cccc(COc2ccc(F)cc2F)c1. The van der Waals surface area contributed by atoms with E-state index in [1.165, 1.54) is 6.07 Å². The summed E-state index contributed by atoms with van der Waals surface area (Å²) in [6, 6.07) is 10.3. The molecule has 0 aliphatic rings. The maximum Gasteiger partial charge on any atom is 0.167 e. The van der Waals surface area contributed by atoms with Gasteiger partial charge in [-0.2, -0.15) is 0 Å². The summed E-state index contributed by atoms with van der Waals surface area (Å²) in [6.45, 7) is 0.152. The summed E-state index contributed by atoms with van der Waals surface area (Å²) in [7, 11) is 0. The molecule has 98 valence electrons. The lowest BCUT2D eigenvalue weighted by molar-refractivity contribution is 0.289. The maximum absolute atomic E-state index is 13.4. The number of rotatable bonds is 4. The van der Waals surface area contributed by atoms with E-state index in [4.69, 9.17) is 22.7 Å². The van der Waals surface area contributed by atoms with E-state index in [0.717, 1.165) is 23.3 Å². The van der Waals surface area contributed by atoms with Gasteiger partial charge in [-0.25, -0.2) is 8.78 Å². The highest BCUT2D eigenvalue weighted by Crippen LogP contribution is 2.19. The average Bonchev–Trinajstić information content (AvgIpc) is 2.38. The van der Waals surface area contributed by atoms with Crippen molar-refractivity contribution in [2.75, 3.05) is 0 Å². The van der Waals surface area contributed by atoms with Crippen LogP contribution in [0.15, 0.2) is 42.5 Å². The zero-order valence-electron chi connectivity index (χ0n) is 9.90. The maximum atomic E-state index is 13.4. The van der Waals surface area contributed by atoms with E-state index >= 15 is 0 Å². The number of thiocarbonyl (C=S) groups is 1. The first-order chi connectivity index (χ1) is 9.06. The van der Waals surface area contributed by atoms with Crippen LogP contribution in [0.4, 0.5) is 8.78 Å². The van der Waals surface area contributed by atoms with Crippen LogP contribution in [0.3, 0.4) is 0 Å². The third-order valence-corrected chi connectivity index (χ3v) is 2.74.